The van der Waals surface area contributed by atoms with E-state index in [0.29, 0.717) is 24.2 Å². The fraction of sp³-hybridized carbons (Fsp3) is 0.462. The molecule has 0 aliphatic rings. The van der Waals surface area contributed by atoms with Crippen LogP contribution in [0.15, 0.2) is 16.8 Å². The van der Waals surface area contributed by atoms with Crippen LogP contribution in [0, 0.1) is 10.1 Å². The third-order valence-corrected chi connectivity index (χ3v) is 3.11. The lowest BCUT2D eigenvalue weighted by Crippen LogP contribution is -2.03. The monoisotopic (exact) mass is 292 g/mol. The SMILES string of the molecule is CC(=O)CCCCCNc1ccc([N+](=O)[O-])c2nonc12. The first-order valence-corrected chi connectivity index (χ1v) is 6.72. The first-order chi connectivity index (χ1) is 10.1. The Kier molecular flexibility index (Phi) is 4.81. The van der Waals surface area contributed by atoms with Crippen LogP contribution in [0.5, 0.6) is 0 Å². The van der Waals surface area contributed by atoms with Crippen LogP contribution in [0.2, 0.25) is 0 Å². The van der Waals surface area contributed by atoms with E-state index in [1.54, 1.807) is 13.0 Å². The standard InChI is InChI=1S/C13H16N4O4/c1-9(18)5-3-2-4-8-14-10-6-7-11(17(19)20)13-12(10)15-21-16-13/h6-7,14H,2-5,8H2,1H3. The van der Waals surface area contributed by atoms with E-state index in [2.05, 4.69) is 20.3 Å². The molecular weight excluding hydrogens is 276 g/mol. The molecule has 8 nitrogen and oxygen atoms in total. The largest absolute Gasteiger partial charge is 0.383 e. The zero-order valence-corrected chi connectivity index (χ0v) is 11.7. The summed E-state index contributed by atoms with van der Waals surface area (Å²) in [5.74, 6) is 0.203. The van der Waals surface area contributed by atoms with Gasteiger partial charge in [-0.3, -0.25) is 10.1 Å². The minimum Gasteiger partial charge on any atom is -0.383 e. The van der Waals surface area contributed by atoms with Crippen LogP contribution in [0.1, 0.15) is 32.6 Å². The molecule has 0 atom stereocenters. The highest BCUT2D eigenvalue weighted by atomic mass is 16.6. The molecule has 0 spiro atoms. The van der Waals surface area contributed by atoms with Gasteiger partial charge in [-0.15, -0.1) is 0 Å². The van der Waals surface area contributed by atoms with Gasteiger partial charge in [-0.05, 0) is 36.1 Å². The lowest BCUT2D eigenvalue weighted by Gasteiger charge is -2.06. The summed E-state index contributed by atoms with van der Waals surface area (Å²) >= 11 is 0. The predicted octanol–water partition coefficient (Wildman–Crippen LogP) is 2.69. The number of benzene rings is 1. The number of Topliss-reactive ketones (excluding diaryl/α,β-unsaturated/α-hetero) is 1. The molecule has 0 aliphatic carbocycles. The van der Waals surface area contributed by atoms with Gasteiger partial charge < -0.3 is 10.1 Å². The smallest absolute Gasteiger partial charge is 0.300 e. The van der Waals surface area contributed by atoms with E-state index in [9.17, 15) is 14.9 Å². The fourth-order valence-corrected chi connectivity index (χ4v) is 2.04. The number of hydrogen-bond donors (Lipinski definition) is 1. The van der Waals surface area contributed by atoms with Crippen molar-refractivity contribution >= 4 is 28.2 Å². The Balaban J connectivity index is 1.94. The molecule has 0 amide bonds. The van der Waals surface area contributed by atoms with E-state index in [4.69, 9.17) is 0 Å². The van der Waals surface area contributed by atoms with Crippen molar-refractivity contribution < 1.29 is 14.3 Å². The molecule has 0 bridgehead atoms. The van der Waals surface area contributed by atoms with E-state index in [1.165, 1.54) is 6.07 Å². The van der Waals surface area contributed by atoms with Crippen molar-refractivity contribution in [3.05, 3.63) is 22.2 Å². The lowest BCUT2D eigenvalue weighted by molar-refractivity contribution is -0.383. The maximum absolute atomic E-state index is 10.9. The molecule has 0 radical (unpaired) electrons. The number of ketones is 1. The highest BCUT2D eigenvalue weighted by Crippen LogP contribution is 2.28. The molecule has 21 heavy (non-hydrogen) atoms. The van der Waals surface area contributed by atoms with E-state index >= 15 is 0 Å². The molecule has 2 aromatic rings. The highest BCUT2D eigenvalue weighted by Gasteiger charge is 2.19. The summed E-state index contributed by atoms with van der Waals surface area (Å²) in [5, 5.41) is 21.3. The van der Waals surface area contributed by atoms with Gasteiger partial charge >= 0.3 is 5.69 Å². The molecule has 8 heteroatoms. The first kappa shape index (κ1) is 14.9. The minimum absolute atomic E-state index is 0.127. The van der Waals surface area contributed by atoms with Gasteiger partial charge in [0.05, 0.1) is 10.6 Å². The van der Waals surface area contributed by atoms with E-state index in [-0.39, 0.29) is 17.0 Å². The number of anilines is 1. The molecule has 2 rings (SSSR count). The number of fused-ring (bicyclic) bond motifs is 1. The molecule has 1 aromatic heterocycles. The van der Waals surface area contributed by atoms with Crippen LogP contribution in [-0.2, 0) is 4.79 Å². The van der Waals surface area contributed by atoms with Crippen LogP contribution in [0.25, 0.3) is 11.0 Å². The Morgan fingerprint density at radius 2 is 2.05 bits per heavy atom. The van der Waals surface area contributed by atoms with Crippen molar-refractivity contribution in [3.8, 4) is 0 Å². The predicted molar refractivity (Wildman–Crippen MR) is 76.1 cm³/mol. The zero-order valence-electron chi connectivity index (χ0n) is 11.7. The average molecular weight is 292 g/mol. The van der Waals surface area contributed by atoms with Crippen molar-refractivity contribution in [2.75, 3.05) is 11.9 Å². The molecule has 0 fully saturated rings. The summed E-state index contributed by atoms with van der Waals surface area (Å²) in [5.41, 5.74) is 1.02. The van der Waals surface area contributed by atoms with Gasteiger partial charge in [0.15, 0.2) is 5.52 Å². The number of unbranched alkanes of at least 4 members (excludes halogenated alkanes) is 2. The Morgan fingerprint density at radius 1 is 1.29 bits per heavy atom. The van der Waals surface area contributed by atoms with E-state index < -0.39 is 4.92 Å². The lowest BCUT2D eigenvalue weighted by atomic mass is 10.1. The third kappa shape index (κ3) is 3.74. The number of nitro benzene ring substituents is 1. The Morgan fingerprint density at radius 3 is 2.76 bits per heavy atom. The van der Waals surface area contributed by atoms with E-state index in [1.807, 2.05) is 0 Å². The average Bonchev–Trinajstić information content (AvgIpc) is 2.91. The summed E-state index contributed by atoms with van der Waals surface area (Å²) in [6, 6.07) is 2.98. The molecule has 1 N–H and O–H groups in total. The van der Waals surface area contributed by atoms with Crippen LogP contribution in [0.3, 0.4) is 0 Å². The van der Waals surface area contributed by atoms with Gasteiger partial charge in [0.25, 0.3) is 0 Å². The highest BCUT2D eigenvalue weighted by molar-refractivity contribution is 5.93. The Hall–Kier alpha value is -2.51. The summed E-state index contributed by atoms with van der Waals surface area (Å²) in [6.07, 6.45) is 3.32. The van der Waals surface area contributed by atoms with Gasteiger partial charge in [-0.2, -0.15) is 0 Å². The number of nitro groups is 1. The normalized spacial score (nSPS) is 10.7. The summed E-state index contributed by atoms with van der Waals surface area (Å²) in [6.45, 7) is 2.28. The number of aromatic nitrogens is 2. The molecular formula is C13H16N4O4. The van der Waals surface area contributed by atoms with Crippen LogP contribution in [0.4, 0.5) is 11.4 Å². The van der Waals surface area contributed by atoms with Crippen LogP contribution in [-0.4, -0.2) is 27.6 Å². The first-order valence-electron chi connectivity index (χ1n) is 6.72. The second kappa shape index (κ2) is 6.78. The van der Waals surface area contributed by atoms with Gasteiger partial charge in [-0.25, -0.2) is 4.63 Å². The number of carbonyl (C=O) groups is 1. The molecule has 0 unspecified atom stereocenters. The van der Waals surface area contributed by atoms with Gasteiger partial charge in [0.2, 0.25) is 5.52 Å². The van der Waals surface area contributed by atoms with Crippen LogP contribution < -0.4 is 5.32 Å². The van der Waals surface area contributed by atoms with E-state index in [0.717, 1.165) is 19.3 Å². The molecule has 112 valence electrons. The number of rotatable bonds is 8. The van der Waals surface area contributed by atoms with Gasteiger partial charge in [0, 0.05) is 19.0 Å². The number of nitrogens with zero attached hydrogens (tertiary/aromatic N) is 3. The fourth-order valence-electron chi connectivity index (χ4n) is 2.04. The second-order valence-electron chi connectivity index (χ2n) is 4.79. The summed E-state index contributed by atoms with van der Waals surface area (Å²) in [4.78, 5) is 21.1. The summed E-state index contributed by atoms with van der Waals surface area (Å²) in [7, 11) is 0. The van der Waals surface area contributed by atoms with Crippen molar-refractivity contribution in [1.29, 1.82) is 0 Å². The number of carbonyl (C=O) groups excluding carboxylic acids is 1. The van der Waals surface area contributed by atoms with Gasteiger partial charge in [-0.1, -0.05) is 6.42 Å². The van der Waals surface area contributed by atoms with Crippen molar-refractivity contribution in [3.63, 3.8) is 0 Å². The minimum atomic E-state index is -0.516. The zero-order chi connectivity index (χ0) is 15.2. The maximum atomic E-state index is 10.9. The molecule has 0 saturated carbocycles. The topological polar surface area (TPSA) is 111 Å². The summed E-state index contributed by atoms with van der Waals surface area (Å²) < 4.78 is 4.59. The quantitative estimate of drug-likeness (QED) is 0.452. The number of non-ortho nitro benzene ring substituents is 1. The molecule has 0 aliphatic heterocycles. The third-order valence-electron chi connectivity index (χ3n) is 3.11. The number of nitrogens with one attached hydrogen (secondary N) is 1. The van der Waals surface area contributed by atoms with Crippen LogP contribution >= 0.6 is 0 Å². The van der Waals surface area contributed by atoms with Crippen molar-refractivity contribution in [2.24, 2.45) is 0 Å². The van der Waals surface area contributed by atoms with Crippen molar-refractivity contribution in [1.82, 2.24) is 10.3 Å². The Bertz CT molecular complexity index is 653. The van der Waals surface area contributed by atoms with Crippen molar-refractivity contribution in [2.45, 2.75) is 32.6 Å². The molecule has 1 heterocycles. The molecule has 0 saturated heterocycles. The number of hydrogen-bond acceptors (Lipinski definition) is 7. The van der Waals surface area contributed by atoms with Gasteiger partial charge in [0.1, 0.15) is 5.78 Å². The second-order valence-corrected chi connectivity index (χ2v) is 4.79. The Labute approximate surface area is 120 Å². The maximum Gasteiger partial charge on any atom is 0.300 e. The molecule has 1 aromatic carbocycles.